The first-order valence-corrected chi connectivity index (χ1v) is 5.86. The summed E-state index contributed by atoms with van der Waals surface area (Å²) in [5, 5.41) is 4.68. The minimum atomic E-state index is 0.648. The van der Waals surface area contributed by atoms with E-state index in [1.807, 2.05) is 30.5 Å². The number of hydrogen-bond acceptors (Lipinski definition) is 3. The number of hydrazone groups is 1. The SMILES string of the molecule is CSC(=S)NN=Cc1ccc(Cl)cc1. The Labute approximate surface area is 97.7 Å². The van der Waals surface area contributed by atoms with Crippen molar-refractivity contribution in [2.75, 3.05) is 6.26 Å². The van der Waals surface area contributed by atoms with Crippen molar-refractivity contribution in [1.82, 2.24) is 5.43 Å². The topological polar surface area (TPSA) is 24.4 Å². The number of thiocarbonyl (C=S) groups is 1. The molecule has 2 nitrogen and oxygen atoms in total. The molecule has 0 fully saturated rings. The molecular formula is C9H9ClN2S2. The second kappa shape index (κ2) is 6.01. The molecule has 0 saturated carbocycles. The molecule has 0 aliphatic rings. The standard InChI is InChI=1S/C9H9ClN2S2/c1-14-9(13)12-11-6-7-2-4-8(10)5-3-7/h2-6H,1H3,(H,12,13). The highest BCUT2D eigenvalue weighted by Crippen LogP contribution is 2.07. The van der Waals surface area contributed by atoms with Gasteiger partial charge in [0.25, 0.3) is 0 Å². The van der Waals surface area contributed by atoms with Gasteiger partial charge in [0.1, 0.15) is 0 Å². The van der Waals surface area contributed by atoms with E-state index in [4.69, 9.17) is 23.8 Å². The zero-order valence-corrected chi connectivity index (χ0v) is 9.92. The summed E-state index contributed by atoms with van der Waals surface area (Å²) in [5.41, 5.74) is 3.70. The monoisotopic (exact) mass is 244 g/mol. The minimum absolute atomic E-state index is 0.648. The zero-order chi connectivity index (χ0) is 10.4. The van der Waals surface area contributed by atoms with E-state index in [0.717, 1.165) is 10.6 Å². The van der Waals surface area contributed by atoms with E-state index in [1.165, 1.54) is 11.8 Å². The van der Waals surface area contributed by atoms with Gasteiger partial charge in [-0.25, -0.2) is 0 Å². The Morgan fingerprint density at radius 2 is 2.14 bits per heavy atom. The fourth-order valence-electron chi connectivity index (χ4n) is 0.754. The number of benzene rings is 1. The molecule has 0 unspecified atom stereocenters. The Hall–Kier alpha value is -0.580. The van der Waals surface area contributed by atoms with E-state index < -0.39 is 0 Å². The molecule has 0 aliphatic heterocycles. The van der Waals surface area contributed by atoms with Crippen LogP contribution >= 0.6 is 35.6 Å². The molecule has 1 N–H and O–H groups in total. The molecule has 0 atom stereocenters. The van der Waals surface area contributed by atoms with Crippen molar-refractivity contribution < 1.29 is 0 Å². The van der Waals surface area contributed by atoms with Gasteiger partial charge in [-0.3, -0.25) is 5.43 Å². The lowest BCUT2D eigenvalue weighted by atomic mass is 10.2. The predicted molar refractivity (Wildman–Crippen MR) is 68.3 cm³/mol. The van der Waals surface area contributed by atoms with E-state index >= 15 is 0 Å². The van der Waals surface area contributed by atoms with Crippen LogP contribution in [0.3, 0.4) is 0 Å². The Kier molecular flexibility index (Phi) is 4.93. The second-order valence-corrected chi connectivity index (χ2v) is 4.33. The molecule has 0 aliphatic carbocycles. The molecule has 0 radical (unpaired) electrons. The van der Waals surface area contributed by atoms with Crippen molar-refractivity contribution in [2.45, 2.75) is 0 Å². The average molecular weight is 245 g/mol. The molecule has 1 rings (SSSR count). The molecular weight excluding hydrogens is 236 g/mol. The zero-order valence-electron chi connectivity index (χ0n) is 7.53. The summed E-state index contributed by atoms with van der Waals surface area (Å²) < 4.78 is 0.648. The van der Waals surface area contributed by atoms with Crippen LogP contribution in [0, 0.1) is 0 Å². The van der Waals surface area contributed by atoms with Gasteiger partial charge in [-0.05, 0) is 24.0 Å². The van der Waals surface area contributed by atoms with Gasteiger partial charge in [0.05, 0.1) is 6.21 Å². The van der Waals surface area contributed by atoms with Crippen molar-refractivity contribution in [3.8, 4) is 0 Å². The molecule has 14 heavy (non-hydrogen) atoms. The van der Waals surface area contributed by atoms with E-state index in [-0.39, 0.29) is 0 Å². The number of thioether (sulfide) groups is 1. The Bertz CT molecular complexity index is 335. The van der Waals surface area contributed by atoms with Crippen LogP contribution in [0.5, 0.6) is 0 Å². The van der Waals surface area contributed by atoms with E-state index in [0.29, 0.717) is 4.32 Å². The number of nitrogens with zero attached hydrogens (tertiary/aromatic N) is 1. The Balaban J connectivity index is 2.52. The van der Waals surface area contributed by atoms with Crippen LogP contribution in [0.1, 0.15) is 5.56 Å². The highest BCUT2D eigenvalue weighted by Gasteiger charge is 1.89. The molecule has 1 aromatic rings. The maximum atomic E-state index is 5.73. The van der Waals surface area contributed by atoms with Gasteiger partial charge in [-0.2, -0.15) is 5.10 Å². The summed E-state index contributed by atoms with van der Waals surface area (Å²) in [6.45, 7) is 0. The lowest BCUT2D eigenvalue weighted by Crippen LogP contribution is -2.10. The smallest absolute Gasteiger partial charge is 0.153 e. The van der Waals surface area contributed by atoms with Crippen LogP contribution in [0.2, 0.25) is 5.02 Å². The largest absolute Gasteiger partial charge is 0.262 e. The Morgan fingerprint density at radius 1 is 1.50 bits per heavy atom. The molecule has 0 heterocycles. The molecule has 0 amide bonds. The lowest BCUT2D eigenvalue weighted by molar-refractivity contribution is 1.07. The first-order chi connectivity index (χ1) is 6.72. The number of halogens is 1. The molecule has 74 valence electrons. The molecule has 0 bridgehead atoms. The summed E-state index contributed by atoms with van der Waals surface area (Å²) in [7, 11) is 0. The van der Waals surface area contributed by atoms with Crippen LogP contribution in [-0.4, -0.2) is 16.8 Å². The highest BCUT2D eigenvalue weighted by molar-refractivity contribution is 8.22. The van der Waals surface area contributed by atoms with Gasteiger partial charge in [0.15, 0.2) is 4.32 Å². The van der Waals surface area contributed by atoms with Gasteiger partial charge >= 0.3 is 0 Å². The third-order valence-corrected chi connectivity index (χ3v) is 2.73. The van der Waals surface area contributed by atoms with Crippen molar-refractivity contribution in [3.63, 3.8) is 0 Å². The third kappa shape index (κ3) is 4.09. The van der Waals surface area contributed by atoms with Gasteiger partial charge in [0, 0.05) is 5.02 Å². The summed E-state index contributed by atoms with van der Waals surface area (Å²) in [5.74, 6) is 0. The minimum Gasteiger partial charge on any atom is -0.262 e. The average Bonchev–Trinajstić information content (AvgIpc) is 2.21. The summed E-state index contributed by atoms with van der Waals surface area (Å²) >= 11 is 12.1. The Morgan fingerprint density at radius 3 is 2.71 bits per heavy atom. The van der Waals surface area contributed by atoms with Gasteiger partial charge in [-0.1, -0.05) is 47.7 Å². The normalized spacial score (nSPS) is 10.4. The quantitative estimate of drug-likeness (QED) is 0.492. The number of nitrogens with one attached hydrogen (secondary N) is 1. The van der Waals surface area contributed by atoms with Crippen LogP contribution in [0.15, 0.2) is 29.4 Å². The highest BCUT2D eigenvalue weighted by atomic mass is 35.5. The molecule has 0 saturated heterocycles. The van der Waals surface area contributed by atoms with Crippen LogP contribution in [-0.2, 0) is 0 Å². The molecule has 0 aromatic heterocycles. The third-order valence-electron chi connectivity index (χ3n) is 1.42. The molecule has 0 spiro atoms. The van der Waals surface area contributed by atoms with Crippen LogP contribution in [0.25, 0.3) is 0 Å². The van der Waals surface area contributed by atoms with Crippen LogP contribution < -0.4 is 5.43 Å². The van der Waals surface area contributed by atoms with Gasteiger partial charge < -0.3 is 0 Å². The van der Waals surface area contributed by atoms with Crippen molar-refractivity contribution in [3.05, 3.63) is 34.9 Å². The maximum Gasteiger partial charge on any atom is 0.153 e. The molecule has 1 aromatic carbocycles. The lowest BCUT2D eigenvalue weighted by Gasteiger charge is -1.96. The molecule has 5 heteroatoms. The summed E-state index contributed by atoms with van der Waals surface area (Å²) in [6.07, 6.45) is 3.59. The summed E-state index contributed by atoms with van der Waals surface area (Å²) in [4.78, 5) is 0. The maximum absolute atomic E-state index is 5.73. The predicted octanol–water partition coefficient (Wildman–Crippen LogP) is 2.91. The fourth-order valence-corrected chi connectivity index (χ4v) is 1.08. The van der Waals surface area contributed by atoms with E-state index in [1.54, 1.807) is 6.21 Å². The van der Waals surface area contributed by atoms with E-state index in [9.17, 15) is 0 Å². The first kappa shape index (κ1) is 11.5. The van der Waals surface area contributed by atoms with Crippen molar-refractivity contribution >= 4 is 46.1 Å². The van der Waals surface area contributed by atoms with Gasteiger partial charge in [0.2, 0.25) is 0 Å². The van der Waals surface area contributed by atoms with Gasteiger partial charge in [-0.15, -0.1) is 0 Å². The van der Waals surface area contributed by atoms with Crippen LogP contribution in [0.4, 0.5) is 0 Å². The van der Waals surface area contributed by atoms with Crippen molar-refractivity contribution in [2.24, 2.45) is 5.10 Å². The fraction of sp³-hybridized carbons (Fsp3) is 0.111. The van der Waals surface area contributed by atoms with E-state index in [2.05, 4.69) is 10.5 Å². The second-order valence-electron chi connectivity index (χ2n) is 2.41. The first-order valence-electron chi connectivity index (χ1n) is 3.85. The number of rotatable bonds is 2. The number of hydrogen-bond donors (Lipinski definition) is 1. The van der Waals surface area contributed by atoms with Crippen molar-refractivity contribution in [1.29, 1.82) is 0 Å². The summed E-state index contributed by atoms with van der Waals surface area (Å²) in [6, 6.07) is 7.40.